The molecule has 0 radical (unpaired) electrons. The van der Waals surface area contributed by atoms with Crippen LogP contribution in [0.4, 0.5) is 17.1 Å². The summed E-state index contributed by atoms with van der Waals surface area (Å²) in [7, 11) is 0. The molecule has 1 heteroatoms. The minimum absolute atomic E-state index is 1.07. The predicted molar refractivity (Wildman–Crippen MR) is 277 cm³/mol. The summed E-state index contributed by atoms with van der Waals surface area (Å²) in [5.74, 6) is 0. The Morgan fingerprint density at radius 2 is 0.523 bits per heavy atom. The molecule has 1 nitrogen and oxygen atoms in total. The van der Waals surface area contributed by atoms with Crippen molar-refractivity contribution >= 4 is 27.8 Å². The maximum atomic E-state index is 2.43. The fraction of sp³-hybridized carbons (Fsp3) is 0. The second kappa shape index (κ2) is 17.7. The van der Waals surface area contributed by atoms with Gasteiger partial charge in [0.15, 0.2) is 0 Å². The number of fused-ring (bicyclic) bond motifs is 1. The molecular weight excluding hydrogens is 783 g/mol. The van der Waals surface area contributed by atoms with Crippen molar-refractivity contribution in [1.29, 1.82) is 0 Å². The zero-order valence-corrected chi connectivity index (χ0v) is 35.9. The minimum atomic E-state index is 1.07. The van der Waals surface area contributed by atoms with E-state index in [0.717, 1.165) is 39.3 Å². The van der Waals surface area contributed by atoms with Crippen LogP contribution in [0.3, 0.4) is 0 Å². The van der Waals surface area contributed by atoms with Gasteiger partial charge < -0.3 is 4.90 Å². The van der Waals surface area contributed by atoms with Crippen molar-refractivity contribution in [2.24, 2.45) is 0 Å². The zero-order valence-electron chi connectivity index (χ0n) is 35.9. The Morgan fingerprint density at radius 3 is 1.05 bits per heavy atom. The number of hydrogen-bond acceptors (Lipinski definition) is 1. The van der Waals surface area contributed by atoms with Gasteiger partial charge >= 0.3 is 0 Å². The van der Waals surface area contributed by atoms with Crippen molar-refractivity contribution in [3.63, 3.8) is 0 Å². The van der Waals surface area contributed by atoms with Crippen molar-refractivity contribution in [2.45, 2.75) is 0 Å². The highest BCUT2D eigenvalue weighted by Crippen LogP contribution is 2.44. The van der Waals surface area contributed by atoms with Crippen molar-refractivity contribution in [1.82, 2.24) is 0 Å². The monoisotopic (exact) mass is 827 g/mol. The number of hydrogen-bond donors (Lipinski definition) is 0. The average molecular weight is 828 g/mol. The van der Waals surface area contributed by atoms with Gasteiger partial charge in [0.2, 0.25) is 0 Å². The first-order valence-corrected chi connectivity index (χ1v) is 22.3. The fourth-order valence-electron chi connectivity index (χ4n) is 9.06. The minimum Gasteiger partial charge on any atom is -0.310 e. The van der Waals surface area contributed by atoms with Crippen LogP contribution in [-0.2, 0) is 0 Å². The van der Waals surface area contributed by atoms with Crippen LogP contribution in [0.15, 0.2) is 273 Å². The molecule has 11 rings (SSSR count). The number of anilines is 3. The lowest BCUT2D eigenvalue weighted by molar-refractivity contribution is 1.28. The Labute approximate surface area is 381 Å². The van der Waals surface area contributed by atoms with E-state index in [1.54, 1.807) is 0 Å². The normalized spacial score (nSPS) is 11.1. The summed E-state index contributed by atoms with van der Waals surface area (Å²) in [6.07, 6.45) is 0. The van der Waals surface area contributed by atoms with Crippen LogP contribution < -0.4 is 4.90 Å². The molecule has 306 valence electrons. The van der Waals surface area contributed by atoms with Crippen LogP contribution in [0.1, 0.15) is 0 Å². The Bertz CT molecular complexity index is 3320. The van der Waals surface area contributed by atoms with E-state index in [9.17, 15) is 0 Å². The molecule has 0 aliphatic heterocycles. The van der Waals surface area contributed by atoms with Crippen molar-refractivity contribution in [3.8, 4) is 77.9 Å². The van der Waals surface area contributed by atoms with Crippen LogP contribution in [0.2, 0.25) is 0 Å². The fourth-order valence-corrected chi connectivity index (χ4v) is 9.06. The summed E-state index contributed by atoms with van der Waals surface area (Å²) in [6.45, 7) is 0. The highest BCUT2D eigenvalue weighted by atomic mass is 15.1. The van der Waals surface area contributed by atoms with Crippen LogP contribution in [0.25, 0.3) is 88.7 Å². The lowest BCUT2D eigenvalue weighted by Crippen LogP contribution is -2.11. The van der Waals surface area contributed by atoms with Crippen molar-refractivity contribution in [2.75, 3.05) is 4.90 Å². The van der Waals surface area contributed by atoms with E-state index in [4.69, 9.17) is 0 Å². The zero-order chi connectivity index (χ0) is 43.4. The molecule has 0 bridgehead atoms. The summed E-state index contributed by atoms with van der Waals surface area (Å²) < 4.78 is 0. The van der Waals surface area contributed by atoms with Crippen LogP contribution in [-0.4, -0.2) is 0 Å². The third kappa shape index (κ3) is 8.27. The van der Waals surface area contributed by atoms with E-state index in [0.29, 0.717) is 0 Å². The summed E-state index contributed by atoms with van der Waals surface area (Å²) in [5.41, 5.74) is 19.8. The van der Waals surface area contributed by atoms with Crippen LogP contribution in [0.5, 0.6) is 0 Å². The van der Waals surface area contributed by atoms with Crippen molar-refractivity contribution in [3.05, 3.63) is 273 Å². The van der Waals surface area contributed by atoms with Gasteiger partial charge in [0.1, 0.15) is 0 Å². The Hall–Kier alpha value is -8.52. The smallest absolute Gasteiger partial charge is 0.0546 e. The van der Waals surface area contributed by atoms with Gasteiger partial charge in [-0.2, -0.15) is 0 Å². The molecule has 0 atom stereocenters. The second-order valence-electron chi connectivity index (χ2n) is 16.6. The molecule has 65 heavy (non-hydrogen) atoms. The number of rotatable bonds is 10. The Morgan fingerprint density at radius 1 is 0.185 bits per heavy atom. The third-order valence-electron chi connectivity index (χ3n) is 12.4. The third-order valence-corrected chi connectivity index (χ3v) is 12.4. The lowest BCUT2D eigenvalue weighted by atomic mass is 9.93. The molecular formula is C64H45N. The topological polar surface area (TPSA) is 3.24 Å². The maximum absolute atomic E-state index is 2.43. The van der Waals surface area contributed by atoms with Gasteiger partial charge in [0.05, 0.1) is 5.69 Å². The van der Waals surface area contributed by atoms with E-state index in [1.165, 1.54) is 66.4 Å². The molecule has 0 aliphatic rings. The van der Waals surface area contributed by atoms with Gasteiger partial charge in [0, 0.05) is 16.9 Å². The molecule has 0 spiro atoms. The van der Waals surface area contributed by atoms with E-state index < -0.39 is 0 Å². The van der Waals surface area contributed by atoms with Crippen LogP contribution in [0, 0.1) is 0 Å². The van der Waals surface area contributed by atoms with Crippen molar-refractivity contribution < 1.29 is 0 Å². The Kier molecular flexibility index (Phi) is 10.7. The van der Waals surface area contributed by atoms with E-state index >= 15 is 0 Å². The van der Waals surface area contributed by atoms with E-state index in [-0.39, 0.29) is 0 Å². The lowest BCUT2D eigenvalue weighted by Gasteiger charge is -2.29. The average Bonchev–Trinajstić information content (AvgIpc) is 3.40. The SMILES string of the molecule is c1ccc(-c2cccc(-c3ccc(N(c4ccc(-c5cc(-c6ccccc6)cc(-c6ccccc6)c5)cc4)c4cc(-c5ccc6ccccc6c5)ccc4-c4ccccc4)cc3)c2)cc1. The molecule has 11 aromatic rings. The summed E-state index contributed by atoms with van der Waals surface area (Å²) in [5, 5.41) is 2.46. The molecule has 0 fully saturated rings. The van der Waals surface area contributed by atoms with Gasteiger partial charge in [0.25, 0.3) is 0 Å². The molecule has 0 N–H and O–H groups in total. The first kappa shape index (κ1) is 39.3. The first-order valence-electron chi connectivity index (χ1n) is 22.3. The number of benzene rings is 11. The molecule has 0 unspecified atom stereocenters. The highest BCUT2D eigenvalue weighted by molar-refractivity contribution is 5.94. The van der Waals surface area contributed by atoms with Gasteiger partial charge in [-0.05, 0) is 144 Å². The highest BCUT2D eigenvalue weighted by Gasteiger charge is 2.20. The molecule has 11 aromatic carbocycles. The standard InChI is InChI=1S/C64H45N/c1-5-16-46(17-6-1)54-26-15-27-55(40-54)50-30-35-61(36-31-50)65(64-45-57(34-39-63(64)52-23-11-4-12-24-52)56-29-28-49-22-13-14-25-53(49)41-56)62-37-32-51(33-38-62)60-43-58(47-18-7-2-8-19-47)42-59(44-60)48-20-9-3-10-21-48/h1-45H. The van der Waals surface area contributed by atoms with Gasteiger partial charge in [-0.1, -0.05) is 212 Å². The second-order valence-corrected chi connectivity index (χ2v) is 16.6. The van der Waals surface area contributed by atoms with Gasteiger partial charge in [-0.15, -0.1) is 0 Å². The quantitative estimate of drug-likeness (QED) is 0.133. The van der Waals surface area contributed by atoms with Gasteiger partial charge in [-0.25, -0.2) is 0 Å². The molecule has 0 aromatic heterocycles. The number of nitrogens with zero attached hydrogens (tertiary/aromatic N) is 1. The molecule has 0 saturated heterocycles. The molecule has 0 heterocycles. The maximum Gasteiger partial charge on any atom is 0.0546 e. The molecule has 0 saturated carbocycles. The molecule has 0 aliphatic carbocycles. The van der Waals surface area contributed by atoms with E-state index in [1.807, 2.05) is 0 Å². The molecule has 0 amide bonds. The summed E-state index contributed by atoms with van der Waals surface area (Å²) in [4.78, 5) is 2.43. The van der Waals surface area contributed by atoms with Gasteiger partial charge in [-0.3, -0.25) is 0 Å². The Balaban J connectivity index is 1.06. The summed E-state index contributed by atoms with van der Waals surface area (Å²) >= 11 is 0. The largest absolute Gasteiger partial charge is 0.310 e. The first-order chi connectivity index (χ1) is 32.2. The summed E-state index contributed by atoms with van der Waals surface area (Å²) in [6, 6.07) is 99.0. The predicted octanol–water partition coefficient (Wildman–Crippen LogP) is 18.0. The van der Waals surface area contributed by atoms with E-state index in [2.05, 4.69) is 278 Å². The van der Waals surface area contributed by atoms with Crippen LogP contribution >= 0.6 is 0 Å².